The van der Waals surface area contributed by atoms with E-state index < -0.39 is 60.9 Å². The molecule has 11 heteroatoms. The topological polar surface area (TPSA) is 179 Å². The average molecular weight is 465 g/mol. The molecule has 186 valence electrons. The summed E-state index contributed by atoms with van der Waals surface area (Å²) >= 11 is 0. The molecular weight excluding hydrogens is 428 g/mol. The summed E-state index contributed by atoms with van der Waals surface area (Å²) in [7, 11) is 0. The first-order valence-corrected chi connectivity index (χ1v) is 10.5. The first-order chi connectivity index (χ1) is 15.0. The lowest BCUT2D eigenvalue weighted by Gasteiger charge is -2.43. The maximum atomic E-state index is 10.4. The van der Waals surface area contributed by atoms with E-state index in [0.29, 0.717) is 12.8 Å². The van der Waals surface area contributed by atoms with Gasteiger partial charge in [-0.25, -0.2) is 0 Å². The Morgan fingerprint density at radius 2 is 1.84 bits per heavy atom. The van der Waals surface area contributed by atoms with E-state index in [1.54, 1.807) is 13.8 Å². The molecule has 9 atom stereocenters. The highest BCUT2D eigenvalue weighted by Crippen LogP contribution is 2.30. The van der Waals surface area contributed by atoms with Crippen molar-refractivity contribution in [2.75, 3.05) is 26.4 Å². The first kappa shape index (κ1) is 27.3. The van der Waals surface area contributed by atoms with Gasteiger partial charge in [-0.3, -0.25) is 0 Å². The molecule has 0 aromatic rings. The average Bonchev–Trinajstić information content (AvgIpc) is 3.07. The van der Waals surface area contributed by atoms with Crippen LogP contribution in [0, 0.1) is 0 Å². The van der Waals surface area contributed by atoms with Gasteiger partial charge < -0.3 is 54.7 Å². The standard InChI is InChI=1S/C21H36O11/c1-4-20(3,7-5-6-12(2)8-22)32-18-16(26)15(25)14(24)13(31-18)9-29-19-17(27)21(28,10-23)11-30-19/h4,6,13-19,22-28H,1,5,7-11H2,2-3H3. The summed E-state index contributed by atoms with van der Waals surface area (Å²) in [4.78, 5) is 0. The van der Waals surface area contributed by atoms with Crippen molar-refractivity contribution in [3.8, 4) is 0 Å². The lowest BCUT2D eigenvalue weighted by atomic mass is 9.96. The molecule has 2 saturated heterocycles. The van der Waals surface area contributed by atoms with Gasteiger partial charge in [0, 0.05) is 0 Å². The minimum atomic E-state index is -1.87. The van der Waals surface area contributed by atoms with Crippen molar-refractivity contribution >= 4 is 0 Å². The first-order valence-electron chi connectivity index (χ1n) is 10.5. The number of hydrogen-bond donors (Lipinski definition) is 7. The van der Waals surface area contributed by atoms with Crippen LogP contribution in [-0.2, 0) is 18.9 Å². The molecule has 0 aromatic heterocycles. The van der Waals surface area contributed by atoms with Gasteiger partial charge in [0.15, 0.2) is 12.6 Å². The highest BCUT2D eigenvalue weighted by molar-refractivity contribution is 5.02. The Morgan fingerprint density at radius 1 is 1.16 bits per heavy atom. The summed E-state index contributed by atoms with van der Waals surface area (Å²) in [6.07, 6.45) is -5.58. The molecule has 2 fully saturated rings. The van der Waals surface area contributed by atoms with E-state index in [0.717, 1.165) is 5.57 Å². The molecular formula is C21H36O11. The lowest BCUT2D eigenvalue weighted by molar-refractivity contribution is -0.326. The van der Waals surface area contributed by atoms with E-state index in [4.69, 9.17) is 24.1 Å². The van der Waals surface area contributed by atoms with Crippen LogP contribution >= 0.6 is 0 Å². The van der Waals surface area contributed by atoms with Crippen LogP contribution in [0.2, 0.25) is 0 Å². The van der Waals surface area contributed by atoms with Gasteiger partial charge in [-0.15, -0.1) is 6.58 Å². The Hall–Kier alpha value is -0.960. The lowest BCUT2D eigenvalue weighted by Crippen LogP contribution is -2.61. The molecule has 2 aliphatic rings. The molecule has 0 radical (unpaired) electrons. The van der Waals surface area contributed by atoms with Crippen LogP contribution in [0.15, 0.2) is 24.3 Å². The maximum absolute atomic E-state index is 10.4. The van der Waals surface area contributed by atoms with Crippen molar-refractivity contribution in [1.82, 2.24) is 0 Å². The zero-order chi connectivity index (χ0) is 24.1. The van der Waals surface area contributed by atoms with Crippen molar-refractivity contribution in [1.29, 1.82) is 0 Å². The molecule has 0 spiro atoms. The quantitative estimate of drug-likeness (QED) is 0.167. The Morgan fingerprint density at radius 3 is 2.41 bits per heavy atom. The van der Waals surface area contributed by atoms with Gasteiger partial charge in [0.25, 0.3) is 0 Å². The highest BCUT2D eigenvalue weighted by atomic mass is 16.7. The van der Waals surface area contributed by atoms with Crippen LogP contribution in [0.4, 0.5) is 0 Å². The fourth-order valence-corrected chi connectivity index (χ4v) is 3.42. The molecule has 32 heavy (non-hydrogen) atoms. The minimum absolute atomic E-state index is 0.0585. The second kappa shape index (κ2) is 11.4. The summed E-state index contributed by atoms with van der Waals surface area (Å²) in [5.41, 5.74) is -2.02. The fourth-order valence-electron chi connectivity index (χ4n) is 3.42. The Labute approximate surface area is 187 Å². The Kier molecular flexibility index (Phi) is 9.76. The van der Waals surface area contributed by atoms with E-state index in [2.05, 4.69) is 6.58 Å². The smallest absolute Gasteiger partial charge is 0.187 e. The molecule has 7 N–H and O–H groups in total. The second-order valence-electron chi connectivity index (χ2n) is 8.62. The van der Waals surface area contributed by atoms with Crippen molar-refractivity contribution in [2.24, 2.45) is 0 Å². The molecule has 0 aromatic carbocycles. The van der Waals surface area contributed by atoms with E-state index in [9.17, 15) is 30.6 Å². The summed E-state index contributed by atoms with van der Waals surface area (Å²) in [5.74, 6) is 0. The summed E-state index contributed by atoms with van der Waals surface area (Å²) in [6, 6.07) is 0. The third-order valence-corrected chi connectivity index (χ3v) is 5.87. The third kappa shape index (κ3) is 6.33. The van der Waals surface area contributed by atoms with Gasteiger partial charge in [-0.05, 0) is 26.7 Å². The third-order valence-electron chi connectivity index (χ3n) is 5.87. The summed E-state index contributed by atoms with van der Waals surface area (Å²) in [6.45, 7) is 5.76. The van der Waals surface area contributed by atoms with E-state index in [1.165, 1.54) is 6.08 Å². The Bertz CT molecular complexity index is 643. The molecule has 0 aliphatic carbocycles. The summed E-state index contributed by atoms with van der Waals surface area (Å²) < 4.78 is 22.1. The van der Waals surface area contributed by atoms with Gasteiger partial charge in [0.2, 0.25) is 0 Å². The predicted octanol–water partition coefficient (Wildman–Crippen LogP) is -2.07. The highest BCUT2D eigenvalue weighted by Gasteiger charge is 2.50. The number of hydrogen-bond acceptors (Lipinski definition) is 11. The van der Waals surface area contributed by atoms with Crippen LogP contribution in [0.25, 0.3) is 0 Å². The zero-order valence-electron chi connectivity index (χ0n) is 18.4. The normalized spacial score (nSPS) is 40.3. The predicted molar refractivity (Wildman–Crippen MR) is 110 cm³/mol. The molecule has 2 rings (SSSR count). The van der Waals surface area contributed by atoms with E-state index in [-0.39, 0.29) is 19.8 Å². The van der Waals surface area contributed by atoms with Gasteiger partial charge in [-0.1, -0.05) is 17.7 Å². The van der Waals surface area contributed by atoms with Crippen LogP contribution in [0.5, 0.6) is 0 Å². The fraction of sp³-hybridized carbons (Fsp3) is 0.810. The second-order valence-corrected chi connectivity index (χ2v) is 8.62. The number of aliphatic hydroxyl groups is 7. The number of ether oxygens (including phenoxy) is 4. The van der Waals surface area contributed by atoms with Crippen LogP contribution in [0.1, 0.15) is 26.7 Å². The maximum Gasteiger partial charge on any atom is 0.187 e. The monoisotopic (exact) mass is 464 g/mol. The molecule has 2 heterocycles. The largest absolute Gasteiger partial charge is 0.393 e. The molecule has 0 amide bonds. The number of rotatable bonds is 11. The Balaban J connectivity index is 2.01. The van der Waals surface area contributed by atoms with Gasteiger partial charge in [0.05, 0.1) is 32.0 Å². The van der Waals surface area contributed by atoms with Crippen LogP contribution < -0.4 is 0 Å². The van der Waals surface area contributed by atoms with Crippen molar-refractivity contribution < 1.29 is 54.7 Å². The van der Waals surface area contributed by atoms with Crippen LogP contribution in [-0.4, -0.2) is 116 Å². The van der Waals surface area contributed by atoms with Crippen molar-refractivity contribution in [3.63, 3.8) is 0 Å². The molecule has 9 unspecified atom stereocenters. The van der Waals surface area contributed by atoms with E-state index >= 15 is 0 Å². The molecule has 0 saturated carbocycles. The van der Waals surface area contributed by atoms with E-state index in [1.807, 2.05) is 6.08 Å². The van der Waals surface area contributed by atoms with Gasteiger partial charge in [0.1, 0.15) is 36.1 Å². The number of allylic oxidation sites excluding steroid dienone is 1. The van der Waals surface area contributed by atoms with Gasteiger partial charge in [-0.2, -0.15) is 0 Å². The zero-order valence-corrected chi connectivity index (χ0v) is 18.4. The van der Waals surface area contributed by atoms with Crippen molar-refractivity contribution in [3.05, 3.63) is 24.3 Å². The van der Waals surface area contributed by atoms with Crippen LogP contribution in [0.3, 0.4) is 0 Å². The number of aliphatic hydroxyl groups excluding tert-OH is 6. The summed E-state index contributed by atoms with van der Waals surface area (Å²) in [5, 5.41) is 69.3. The minimum Gasteiger partial charge on any atom is -0.393 e. The molecule has 11 nitrogen and oxygen atoms in total. The van der Waals surface area contributed by atoms with Gasteiger partial charge >= 0.3 is 0 Å². The SMILES string of the molecule is C=CC(C)(CCC=C(C)CO)OC1OC(COC2OCC(O)(CO)C2O)C(O)C(O)C1O. The van der Waals surface area contributed by atoms with Crippen molar-refractivity contribution in [2.45, 2.75) is 81.0 Å². The molecule has 0 bridgehead atoms. The molecule has 2 aliphatic heterocycles.